The molecule has 3 nitrogen and oxygen atoms in total. The summed E-state index contributed by atoms with van der Waals surface area (Å²) in [5.74, 6) is -0.413. The van der Waals surface area contributed by atoms with Crippen molar-refractivity contribution in [2.75, 3.05) is 25.1 Å². The van der Waals surface area contributed by atoms with Gasteiger partial charge in [-0.15, -0.1) is 0 Å². The van der Waals surface area contributed by atoms with Crippen LogP contribution < -0.4 is 5.32 Å². The largest absolute Gasteiger partial charge is 0.385 e. The summed E-state index contributed by atoms with van der Waals surface area (Å²) in [5, 5.41) is 3.27. The van der Waals surface area contributed by atoms with E-state index in [1.54, 1.807) is 12.1 Å². The summed E-state index contributed by atoms with van der Waals surface area (Å²) >= 11 is 5.69. The monoisotopic (exact) mass is 275 g/mol. The lowest BCUT2D eigenvalue weighted by Crippen LogP contribution is -2.21. The summed E-state index contributed by atoms with van der Waals surface area (Å²) in [7, 11) is 0. The Bertz CT molecular complexity index is 357. The lowest BCUT2D eigenvalue weighted by atomic mass is 10.3. The fourth-order valence-electron chi connectivity index (χ4n) is 1.53. The smallest absolute Gasteiger partial charge is 0.159 e. The average Bonchev–Trinajstić information content (AvgIpc) is 2.34. The number of benzene rings is 1. The van der Waals surface area contributed by atoms with Gasteiger partial charge in [0.25, 0.3) is 0 Å². The molecule has 0 unspecified atom stereocenters. The minimum atomic E-state index is -0.413. The van der Waals surface area contributed by atoms with E-state index in [1.165, 1.54) is 6.07 Å². The second-order valence-corrected chi connectivity index (χ2v) is 4.09. The van der Waals surface area contributed by atoms with E-state index in [2.05, 4.69) is 5.32 Å². The summed E-state index contributed by atoms with van der Waals surface area (Å²) in [6, 6.07) is 4.55. The first-order valence-electron chi connectivity index (χ1n) is 6.09. The molecule has 0 aliphatic rings. The van der Waals surface area contributed by atoms with E-state index in [4.69, 9.17) is 21.1 Å². The zero-order valence-electron chi connectivity index (χ0n) is 10.7. The topological polar surface area (TPSA) is 30.5 Å². The van der Waals surface area contributed by atoms with Crippen molar-refractivity contribution in [3.63, 3.8) is 0 Å². The summed E-state index contributed by atoms with van der Waals surface area (Å²) in [5.41, 5.74) is 0.785. The lowest BCUT2D eigenvalue weighted by Gasteiger charge is -2.17. The van der Waals surface area contributed by atoms with Crippen LogP contribution in [0.4, 0.5) is 10.1 Å². The van der Waals surface area contributed by atoms with Crippen molar-refractivity contribution in [3.05, 3.63) is 29.0 Å². The first kappa shape index (κ1) is 15.2. The number of hydrogen-bond donors (Lipinski definition) is 1. The molecule has 0 radical (unpaired) electrons. The van der Waals surface area contributed by atoms with E-state index in [9.17, 15) is 4.39 Å². The maximum atomic E-state index is 13.0. The molecule has 0 spiro atoms. The van der Waals surface area contributed by atoms with Crippen molar-refractivity contribution in [3.8, 4) is 0 Å². The molecule has 18 heavy (non-hydrogen) atoms. The Balaban J connectivity index is 2.37. The number of rotatable bonds is 8. The fraction of sp³-hybridized carbons (Fsp3) is 0.538. The Hall–Kier alpha value is -0.840. The Kier molecular flexibility index (Phi) is 7.01. The van der Waals surface area contributed by atoms with Crippen LogP contribution in [0.2, 0.25) is 5.02 Å². The highest BCUT2D eigenvalue weighted by Gasteiger charge is 2.07. The van der Waals surface area contributed by atoms with Gasteiger partial charge in [-0.1, -0.05) is 11.6 Å². The maximum Gasteiger partial charge on any atom is 0.159 e. The molecule has 0 amide bonds. The van der Waals surface area contributed by atoms with Crippen LogP contribution in [-0.4, -0.2) is 26.0 Å². The molecule has 1 rings (SSSR count). The molecule has 0 aliphatic heterocycles. The number of halogens is 2. The number of anilines is 1. The summed E-state index contributed by atoms with van der Waals surface area (Å²) < 4.78 is 23.8. The molecular formula is C13H19ClFNO2. The second kappa shape index (κ2) is 8.29. The van der Waals surface area contributed by atoms with Gasteiger partial charge in [0, 0.05) is 31.9 Å². The lowest BCUT2D eigenvalue weighted by molar-refractivity contribution is -0.137. The zero-order valence-corrected chi connectivity index (χ0v) is 11.5. The van der Waals surface area contributed by atoms with Crippen molar-refractivity contribution >= 4 is 17.3 Å². The van der Waals surface area contributed by atoms with Crippen molar-refractivity contribution in [1.82, 2.24) is 0 Å². The summed E-state index contributed by atoms with van der Waals surface area (Å²) in [6.07, 6.45) is 0.514. The van der Waals surface area contributed by atoms with Gasteiger partial charge in [0.2, 0.25) is 0 Å². The van der Waals surface area contributed by atoms with Crippen LogP contribution in [0, 0.1) is 5.82 Å². The Morgan fingerprint density at radius 1 is 1.28 bits per heavy atom. The average molecular weight is 276 g/mol. The molecule has 0 heterocycles. The third kappa shape index (κ3) is 5.21. The van der Waals surface area contributed by atoms with Crippen molar-refractivity contribution in [2.24, 2.45) is 0 Å². The third-order valence-electron chi connectivity index (χ3n) is 2.33. The molecule has 1 N–H and O–H groups in total. The van der Waals surface area contributed by atoms with Gasteiger partial charge in [-0.25, -0.2) is 4.39 Å². The molecule has 0 aliphatic carbocycles. The quantitative estimate of drug-likeness (QED) is 0.734. The fourth-order valence-corrected chi connectivity index (χ4v) is 1.71. The van der Waals surface area contributed by atoms with Gasteiger partial charge in [0.15, 0.2) is 6.29 Å². The van der Waals surface area contributed by atoms with Crippen LogP contribution in [0.1, 0.15) is 20.3 Å². The van der Waals surface area contributed by atoms with Crippen LogP contribution in [-0.2, 0) is 9.47 Å². The first-order chi connectivity index (χ1) is 8.67. The Labute approximate surface area is 112 Å². The third-order valence-corrected chi connectivity index (χ3v) is 2.62. The van der Waals surface area contributed by atoms with E-state index in [1.807, 2.05) is 13.8 Å². The van der Waals surface area contributed by atoms with Crippen molar-refractivity contribution < 1.29 is 13.9 Å². The maximum absolute atomic E-state index is 13.0. The zero-order chi connectivity index (χ0) is 13.4. The van der Waals surface area contributed by atoms with Crippen molar-refractivity contribution in [1.29, 1.82) is 0 Å². The highest BCUT2D eigenvalue weighted by Crippen LogP contribution is 2.19. The van der Waals surface area contributed by atoms with Gasteiger partial charge in [0.05, 0.1) is 5.02 Å². The molecule has 5 heteroatoms. The molecule has 102 valence electrons. The normalized spacial score (nSPS) is 10.9. The first-order valence-corrected chi connectivity index (χ1v) is 6.47. The van der Waals surface area contributed by atoms with E-state index >= 15 is 0 Å². The molecule has 1 aromatic rings. The van der Waals surface area contributed by atoms with Crippen LogP contribution >= 0.6 is 11.6 Å². The molecule has 1 aromatic carbocycles. The van der Waals surface area contributed by atoms with Gasteiger partial charge in [0.1, 0.15) is 5.82 Å². The predicted molar refractivity (Wildman–Crippen MR) is 71.6 cm³/mol. The summed E-state index contributed by atoms with van der Waals surface area (Å²) in [6.45, 7) is 5.77. The predicted octanol–water partition coefficient (Wildman–Crippen LogP) is 3.68. The van der Waals surface area contributed by atoms with Crippen molar-refractivity contribution in [2.45, 2.75) is 26.6 Å². The van der Waals surface area contributed by atoms with Crippen LogP contribution in [0.5, 0.6) is 0 Å². The molecular weight excluding hydrogens is 257 g/mol. The molecule has 0 fully saturated rings. The van der Waals surface area contributed by atoms with E-state index < -0.39 is 5.82 Å². The van der Waals surface area contributed by atoms with E-state index in [0.717, 1.165) is 12.1 Å². The minimum Gasteiger partial charge on any atom is -0.385 e. The second-order valence-electron chi connectivity index (χ2n) is 3.68. The Morgan fingerprint density at radius 2 is 1.94 bits per heavy atom. The van der Waals surface area contributed by atoms with Gasteiger partial charge in [-0.2, -0.15) is 0 Å². The van der Waals surface area contributed by atoms with E-state index in [-0.39, 0.29) is 11.3 Å². The highest BCUT2D eigenvalue weighted by atomic mass is 35.5. The minimum absolute atomic E-state index is 0.117. The number of nitrogens with one attached hydrogen (secondary N) is 1. The van der Waals surface area contributed by atoms with Gasteiger partial charge >= 0.3 is 0 Å². The van der Waals surface area contributed by atoms with Gasteiger partial charge in [-0.3, -0.25) is 0 Å². The number of hydrogen-bond acceptors (Lipinski definition) is 3. The molecule has 0 bridgehead atoms. The van der Waals surface area contributed by atoms with Gasteiger partial charge < -0.3 is 14.8 Å². The molecule has 0 atom stereocenters. The van der Waals surface area contributed by atoms with Crippen LogP contribution in [0.15, 0.2) is 18.2 Å². The van der Waals surface area contributed by atoms with Gasteiger partial charge in [-0.05, 0) is 32.0 Å². The summed E-state index contributed by atoms with van der Waals surface area (Å²) in [4.78, 5) is 0. The number of ether oxygens (including phenoxy) is 2. The SMILES string of the molecule is CCOC(CCNc1ccc(F)c(Cl)c1)OCC. The van der Waals surface area contributed by atoms with Crippen LogP contribution in [0.3, 0.4) is 0 Å². The standard InChI is InChI=1S/C13H19ClFNO2/c1-3-17-13(18-4-2)7-8-16-10-5-6-12(15)11(14)9-10/h5-6,9,13,16H,3-4,7-8H2,1-2H3. The van der Waals surface area contributed by atoms with E-state index in [0.29, 0.717) is 19.8 Å². The Morgan fingerprint density at radius 3 is 2.50 bits per heavy atom. The van der Waals surface area contributed by atoms with Crippen LogP contribution in [0.25, 0.3) is 0 Å². The molecule has 0 saturated heterocycles. The highest BCUT2D eigenvalue weighted by molar-refractivity contribution is 6.31. The molecule has 0 aromatic heterocycles. The molecule has 0 saturated carbocycles.